The van der Waals surface area contributed by atoms with Gasteiger partial charge in [-0.3, -0.25) is 9.78 Å². The van der Waals surface area contributed by atoms with Crippen LogP contribution >= 0.6 is 11.6 Å². The SMILES string of the molecule is O=C(CCCc1c(-c2ccccn2)[nH]c2ccc(F)cc12)Nc1cc(C(F)(F)F)ccc1Cl. The summed E-state index contributed by atoms with van der Waals surface area (Å²) in [5.74, 6) is -0.853. The zero-order chi connectivity index (χ0) is 23.6. The van der Waals surface area contributed by atoms with Crippen LogP contribution in [0.15, 0.2) is 60.8 Å². The zero-order valence-corrected chi connectivity index (χ0v) is 17.9. The van der Waals surface area contributed by atoms with Crippen LogP contribution in [0.3, 0.4) is 0 Å². The second-order valence-corrected chi connectivity index (χ2v) is 7.88. The molecule has 2 N–H and O–H groups in total. The number of anilines is 1. The Hall–Kier alpha value is -3.39. The van der Waals surface area contributed by atoms with Crippen molar-refractivity contribution in [2.75, 3.05) is 5.32 Å². The molecule has 4 nitrogen and oxygen atoms in total. The molecule has 2 aromatic carbocycles. The highest BCUT2D eigenvalue weighted by Crippen LogP contribution is 2.34. The van der Waals surface area contributed by atoms with Crippen LogP contribution in [0.1, 0.15) is 24.0 Å². The predicted molar refractivity (Wildman–Crippen MR) is 120 cm³/mol. The Morgan fingerprint density at radius 1 is 1.09 bits per heavy atom. The lowest BCUT2D eigenvalue weighted by molar-refractivity contribution is -0.137. The summed E-state index contributed by atoms with van der Waals surface area (Å²) in [6.07, 6.45) is -2.05. The molecule has 4 aromatic rings. The Bertz CT molecular complexity index is 1300. The number of hydrogen-bond donors (Lipinski definition) is 2. The summed E-state index contributed by atoms with van der Waals surface area (Å²) in [7, 11) is 0. The summed E-state index contributed by atoms with van der Waals surface area (Å²) >= 11 is 5.95. The fourth-order valence-electron chi connectivity index (χ4n) is 3.64. The first kappa shape index (κ1) is 22.8. The molecule has 2 aromatic heterocycles. The van der Waals surface area contributed by atoms with E-state index in [0.717, 1.165) is 35.0 Å². The highest BCUT2D eigenvalue weighted by atomic mass is 35.5. The second-order valence-electron chi connectivity index (χ2n) is 7.48. The molecule has 2 heterocycles. The number of carbonyl (C=O) groups excluding carboxylic acids is 1. The van der Waals surface area contributed by atoms with E-state index in [0.29, 0.717) is 23.9 Å². The number of nitrogens with zero attached hydrogens (tertiary/aromatic N) is 1. The van der Waals surface area contributed by atoms with Crippen molar-refractivity contribution in [3.05, 3.63) is 82.8 Å². The van der Waals surface area contributed by atoms with E-state index in [2.05, 4.69) is 15.3 Å². The lowest BCUT2D eigenvalue weighted by Gasteiger charge is -2.12. The molecule has 33 heavy (non-hydrogen) atoms. The monoisotopic (exact) mass is 475 g/mol. The van der Waals surface area contributed by atoms with E-state index in [4.69, 9.17) is 11.6 Å². The van der Waals surface area contributed by atoms with Gasteiger partial charge in [-0.1, -0.05) is 17.7 Å². The van der Waals surface area contributed by atoms with E-state index in [-0.39, 0.29) is 22.9 Å². The Balaban J connectivity index is 1.51. The summed E-state index contributed by atoms with van der Waals surface area (Å²) < 4.78 is 52.7. The van der Waals surface area contributed by atoms with Crippen molar-refractivity contribution in [3.8, 4) is 11.4 Å². The molecule has 170 valence electrons. The van der Waals surface area contributed by atoms with Gasteiger partial charge in [0.2, 0.25) is 5.91 Å². The minimum absolute atomic E-state index is 0.0147. The van der Waals surface area contributed by atoms with Crippen LogP contribution in [0.5, 0.6) is 0 Å². The van der Waals surface area contributed by atoms with Gasteiger partial charge in [-0.2, -0.15) is 13.2 Å². The van der Waals surface area contributed by atoms with Gasteiger partial charge in [0.25, 0.3) is 0 Å². The summed E-state index contributed by atoms with van der Waals surface area (Å²) in [6, 6.07) is 12.6. The number of pyridine rings is 1. The quantitative estimate of drug-likeness (QED) is 0.295. The van der Waals surface area contributed by atoms with Gasteiger partial charge >= 0.3 is 6.18 Å². The predicted octanol–water partition coefficient (Wildman–Crippen LogP) is 7.00. The first-order chi connectivity index (χ1) is 15.7. The molecule has 0 radical (unpaired) electrons. The summed E-state index contributed by atoms with van der Waals surface area (Å²) in [5.41, 5.74) is 1.98. The van der Waals surface area contributed by atoms with E-state index in [1.54, 1.807) is 18.3 Å². The van der Waals surface area contributed by atoms with E-state index in [1.807, 2.05) is 12.1 Å². The number of carbonyl (C=O) groups is 1. The number of H-pyrrole nitrogens is 1. The number of aryl methyl sites for hydroxylation is 1. The van der Waals surface area contributed by atoms with Crippen LogP contribution < -0.4 is 5.32 Å². The van der Waals surface area contributed by atoms with Gasteiger partial charge in [0.05, 0.1) is 27.7 Å². The Morgan fingerprint density at radius 3 is 2.64 bits per heavy atom. The summed E-state index contributed by atoms with van der Waals surface area (Å²) in [6.45, 7) is 0. The number of nitrogens with one attached hydrogen (secondary N) is 2. The van der Waals surface area contributed by atoms with Crippen LogP contribution in [0, 0.1) is 5.82 Å². The lowest BCUT2D eigenvalue weighted by atomic mass is 10.0. The van der Waals surface area contributed by atoms with E-state index >= 15 is 0 Å². The molecule has 0 fully saturated rings. The fourth-order valence-corrected chi connectivity index (χ4v) is 3.81. The maximum atomic E-state index is 13.9. The number of hydrogen-bond acceptors (Lipinski definition) is 2. The third-order valence-corrected chi connectivity index (χ3v) is 5.52. The normalized spacial score (nSPS) is 11.7. The molecule has 0 aliphatic rings. The number of fused-ring (bicyclic) bond motifs is 1. The fraction of sp³-hybridized carbons (Fsp3) is 0.167. The first-order valence-electron chi connectivity index (χ1n) is 10.1. The molecule has 1 amide bonds. The molecule has 0 saturated heterocycles. The number of alkyl halides is 3. The largest absolute Gasteiger partial charge is 0.416 e. The van der Waals surface area contributed by atoms with E-state index < -0.39 is 17.6 Å². The second kappa shape index (κ2) is 9.23. The molecule has 0 aliphatic heterocycles. The van der Waals surface area contributed by atoms with Gasteiger partial charge < -0.3 is 10.3 Å². The van der Waals surface area contributed by atoms with Crippen molar-refractivity contribution >= 4 is 34.1 Å². The number of aromatic amines is 1. The number of benzene rings is 2. The molecule has 4 rings (SSSR count). The topological polar surface area (TPSA) is 57.8 Å². The molecule has 0 aliphatic carbocycles. The van der Waals surface area contributed by atoms with Gasteiger partial charge in [0.1, 0.15) is 5.82 Å². The number of amides is 1. The Morgan fingerprint density at radius 2 is 1.91 bits per heavy atom. The van der Waals surface area contributed by atoms with Gasteiger partial charge in [-0.15, -0.1) is 0 Å². The smallest absolute Gasteiger partial charge is 0.353 e. The molecule has 0 atom stereocenters. The van der Waals surface area contributed by atoms with Gasteiger partial charge in [-0.05, 0) is 66.9 Å². The zero-order valence-electron chi connectivity index (χ0n) is 17.1. The average Bonchev–Trinajstić information content (AvgIpc) is 3.13. The Kier molecular flexibility index (Phi) is 6.37. The average molecular weight is 476 g/mol. The first-order valence-corrected chi connectivity index (χ1v) is 10.5. The number of aromatic nitrogens is 2. The van der Waals surface area contributed by atoms with Crippen LogP contribution in [0.25, 0.3) is 22.3 Å². The van der Waals surface area contributed by atoms with E-state index in [9.17, 15) is 22.4 Å². The molecular formula is C24H18ClF4N3O. The number of rotatable bonds is 6. The standard InChI is InChI=1S/C24H18ClF4N3O/c25-18-9-7-14(24(27,28)29)12-21(18)31-22(33)6-3-4-16-17-13-15(26)8-10-19(17)32-23(16)20-5-1-2-11-30-20/h1-2,5,7-13,32H,3-4,6H2,(H,31,33). The molecule has 0 spiro atoms. The maximum Gasteiger partial charge on any atom is 0.416 e. The third-order valence-electron chi connectivity index (χ3n) is 5.19. The maximum absolute atomic E-state index is 13.9. The van der Waals surface area contributed by atoms with Gasteiger partial charge in [0, 0.05) is 23.5 Å². The minimum Gasteiger partial charge on any atom is -0.353 e. The van der Waals surface area contributed by atoms with Crippen molar-refractivity contribution in [2.24, 2.45) is 0 Å². The summed E-state index contributed by atoms with van der Waals surface area (Å²) in [4.78, 5) is 20.0. The molecule has 0 bridgehead atoms. The molecule has 0 unspecified atom stereocenters. The van der Waals surface area contributed by atoms with Crippen LogP contribution in [-0.2, 0) is 17.4 Å². The van der Waals surface area contributed by atoms with Crippen LogP contribution in [0.4, 0.5) is 23.2 Å². The highest BCUT2D eigenvalue weighted by Gasteiger charge is 2.31. The summed E-state index contributed by atoms with van der Waals surface area (Å²) in [5, 5.41) is 3.15. The van der Waals surface area contributed by atoms with E-state index in [1.165, 1.54) is 12.1 Å². The molecular weight excluding hydrogens is 458 g/mol. The van der Waals surface area contributed by atoms with Crippen molar-refractivity contribution in [2.45, 2.75) is 25.4 Å². The highest BCUT2D eigenvalue weighted by molar-refractivity contribution is 6.33. The van der Waals surface area contributed by atoms with Crippen molar-refractivity contribution in [1.29, 1.82) is 0 Å². The number of halogens is 5. The Labute approximate surface area is 191 Å². The van der Waals surface area contributed by atoms with Crippen molar-refractivity contribution < 1.29 is 22.4 Å². The van der Waals surface area contributed by atoms with Crippen molar-refractivity contribution in [3.63, 3.8) is 0 Å². The van der Waals surface area contributed by atoms with Crippen molar-refractivity contribution in [1.82, 2.24) is 9.97 Å². The van der Waals surface area contributed by atoms with Gasteiger partial charge in [-0.25, -0.2) is 4.39 Å². The van der Waals surface area contributed by atoms with Gasteiger partial charge in [0.15, 0.2) is 0 Å². The van der Waals surface area contributed by atoms with Crippen LogP contribution in [0.2, 0.25) is 5.02 Å². The minimum atomic E-state index is -4.55. The molecule has 0 saturated carbocycles. The lowest BCUT2D eigenvalue weighted by Crippen LogP contribution is -2.13. The third kappa shape index (κ3) is 5.17. The van der Waals surface area contributed by atoms with Crippen LogP contribution in [-0.4, -0.2) is 15.9 Å². The molecule has 9 heteroatoms.